The van der Waals surface area contributed by atoms with E-state index in [4.69, 9.17) is 0 Å². The molecule has 0 aromatic rings. The number of rotatable bonds is 6. The lowest BCUT2D eigenvalue weighted by molar-refractivity contribution is -0.141. The van der Waals surface area contributed by atoms with Crippen LogP contribution in [0.3, 0.4) is 0 Å². The van der Waals surface area contributed by atoms with Crippen molar-refractivity contribution in [3.63, 3.8) is 0 Å². The average molecular weight is 294 g/mol. The van der Waals surface area contributed by atoms with E-state index in [2.05, 4.69) is 33.0 Å². The van der Waals surface area contributed by atoms with Crippen molar-refractivity contribution in [2.24, 2.45) is 16.7 Å². The molecule has 1 saturated carbocycles. The Kier molecular flexibility index (Phi) is 4.22. The van der Waals surface area contributed by atoms with Crippen molar-refractivity contribution in [2.45, 2.75) is 72.9 Å². The van der Waals surface area contributed by atoms with Crippen LogP contribution in [0.2, 0.25) is 0 Å². The smallest absolute Gasteiger partial charge is 0.247 e. The quantitative estimate of drug-likeness (QED) is 0.766. The van der Waals surface area contributed by atoms with Crippen LogP contribution in [0.25, 0.3) is 0 Å². The summed E-state index contributed by atoms with van der Waals surface area (Å²) in [6, 6.07) is -0.254. The van der Waals surface area contributed by atoms with E-state index in [1.807, 2.05) is 13.8 Å². The van der Waals surface area contributed by atoms with Crippen molar-refractivity contribution in [1.82, 2.24) is 10.2 Å². The number of likely N-dealkylation sites (tertiary alicyclic amines) is 1. The summed E-state index contributed by atoms with van der Waals surface area (Å²) >= 11 is 0. The van der Waals surface area contributed by atoms with E-state index in [0.29, 0.717) is 23.2 Å². The minimum atomic E-state index is -0.315. The minimum absolute atomic E-state index is 0.0134. The van der Waals surface area contributed by atoms with E-state index >= 15 is 0 Å². The van der Waals surface area contributed by atoms with Crippen LogP contribution in [0.1, 0.15) is 60.8 Å². The highest BCUT2D eigenvalue weighted by Gasteiger charge is 2.64. The molecule has 0 spiro atoms. The molecular formula is C17H30N2O2. The molecule has 1 unspecified atom stereocenters. The van der Waals surface area contributed by atoms with Crippen LogP contribution >= 0.6 is 0 Å². The number of hydrogen-bond donors (Lipinski definition) is 1. The van der Waals surface area contributed by atoms with Gasteiger partial charge in [0, 0.05) is 6.04 Å². The van der Waals surface area contributed by atoms with Crippen molar-refractivity contribution in [2.75, 3.05) is 6.54 Å². The van der Waals surface area contributed by atoms with Gasteiger partial charge in [0.05, 0.1) is 12.5 Å². The second-order valence-corrected chi connectivity index (χ2v) is 7.73. The molecule has 21 heavy (non-hydrogen) atoms. The summed E-state index contributed by atoms with van der Waals surface area (Å²) in [5.41, 5.74) is 0.613. The first-order chi connectivity index (χ1) is 9.68. The van der Waals surface area contributed by atoms with Crippen LogP contribution in [-0.2, 0) is 9.59 Å². The Bertz CT molecular complexity index is 424. The third kappa shape index (κ3) is 2.52. The molecule has 4 nitrogen and oxygen atoms in total. The van der Waals surface area contributed by atoms with Crippen molar-refractivity contribution >= 4 is 11.8 Å². The highest BCUT2D eigenvalue weighted by molar-refractivity contribution is 6.05. The van der Waals surface area contributed by atoms with Gasteiger partial charge in [-0.1, -0.05) is 41.5 Å². The van der Waals surface area contributed by atoms with Crippen LogP contribution in [0.15, 0.2) is 0 Å². The number of nitrogens with zero attached hydrogens (tertiary/aromatic N) is 1. The first-order valence-corrected chi connectivity index (χ1v) is 8.27. The monoisotopic (exact) mass is 294 g/mol. The number of imide groups is 1. The van der Waals surface area contributed by atoms with E-state index in [1.54, 1.807) is 0 Å². The maximum Gasteiger partial charge on any atom is 0.247 e. The van der Waals surface area contributed by atoms with Gasteiger partial charge in [0.25, 0.3) is 0 Å². The third-order valence-corrected chi connectivity index (χ3v) is 6.38. The van der Waals surface area contributed by atoms with Crippen LogP contribution in [0.4, 0.5) is 0 Å². The molecule has 2 rings (SSSR count). The first-order valence-electron chi connectivity index (χ1n) is 8.27. The predicted octanol–water partition coefficient (Wildman–Crippen LogP) is 2.57. The summed E-state index contributed by atoms with van der Waals surface area (Å²) in [7, 11) is 0. The van der Waals surface area contributed by atoms with Gasteiger partial charge in [-0.15, -0.1) is 0 Å². The van der Waals surface area contributed by atoms with E-state index in [-0.39, 0.29) is 23.9 Å². The van der Waals surface area contributed by atoms with E-state index < -0.39 is 0 Å². The highest BCUT2D eigenvalue weighted by atomic mass is 16.2. The first kappa shape index (κ1) is 16.5. The molecule has 1 heterocycles. The molecule has 2 aliphatic rings. The zero-order valence-corrected chi connectivity index (χ0v) is 14.3. The normalized spacial score (nSPS) is 27.8. The van der Waals surface area contributed by atoms with Gasteiger partial charge in [0.1, 0.15) is 0 Å². The van der Waals surface area contributed by atoms with E-state index in [1.165, 1.54) is 4.90 Å². The van der Waals surface area contributed by atoms with Crippen LogP contribution < -0.4 is 5.32 Å². The van der Waals surface area contributed by atoms with Crippen molar-refractivity contribution in [1.29, 1.82) is 0 Å². The molecule has 1 atom stereocenters. The fourth-order valence-corrected chi connectivity index (χ4v) is 3.95. The summed E-state index contributed by atoms with van der Waals surface area (Å²) in [5.74, 6) is 0.528. The lowest BCUT2D eigenvalue weighted by Crippen LogP contribution is -2.44. The SMILES string of the molecule is CCC(CC)N1C(=O)CC(NCC2C(C)(C)C2(C)C)C1=O. The van der Waals surface area contributed by atoms with Crippen molar-refractivity contribution < 1.29 is 9.59 Å². The summed E-state index contributed by atoms with van der Waals surface area (Å²) in [6.45, 7) is 14.0. The molecule has 120 valence electrons. The number of hydrogen-bond acceptors (Lipinski definition) is 3. The number of nitrogens with one attached hydrogen (secondary N) is 1. The van der Waals surface area contributed by atoms with Gasteiger partial charge in [0.2, 0.25) is 11.8 Å². The van der Waals surface area contributed by atoms with Crippen LogP contribution in [-0.4, -0.2) is 35.3 Å². The predicted molar refractivity (Wildman–Crippen MR) is 83.7 cm³/mol. The van der Waals surface area contributed by atoms with Gasteiger partial charge in [-0.2, -0.15) is 0 Å². The second-order valence-electron chi connectivity index (χ2n) is 7.73. The maximum absolute atomic E-state index is 12.5. The minimum Gasteiger partial charge on any atom is -0.305 e. The van der Waals surface area contributed by atoms with Crippen molar-refractivity contribution in [3.8, 4) is 0 Å². The molecule has 2 amide bonds. The molecule has 4 heteroatoms. The Morgan fingerprint density at radius 1 is 1.14 bits per heavy atom. The molecule has 1 N–H and O–H groups in total. The Labute approximate surface area is 128 Å². The average Bonchev–Trinajstić information content (AvgIpc) is 2.64. The van der Waals surface area contributed by atoms with E-state index in [9.17, 15) is 9.59 Å². The molecular weight excluding hydrogens is 264 g/mol. The van der Waals surface area contributed by atoms with Crippen LogP contribution in [0.5, 0.6) is 0 Å². The number of carbonyl (C=O) groups excluding carboxylic acids is 2. The highest BCUT2D eigenvalue weighted by Crippen LogP contribution is 2.67. The summed E-state index contributed by atoms with van der Waals surface area (Å²) in [5, 5.41) is 3.36. The van der Waals surface area contributed by atoms with E-state index in [0.717, 1.165) is 19.4 Å². The second kappa shape index (κ2) is 5.38. The fraction of sp³-hybridized carbons (Fsp3) is 0.882. The van der Waals surface area contributed by atoms with Gasteiger partial charge in [-0.05, 0) is 36.1 Å². The lowest BCUT2D eigenvalue weighted by Gasteiger charge is -2.24. The Hall–Kier alpha value is -0.900. The number of carbonyl (C=O) groups is 2. The zero-order valence-electron chi connectivity index (χ0n) is 14.3. The lowest BCUT2D eigenvalue weighted by atomic mass is 10.0. The molecule has 1 aliphatic carbocycles. The summed E-state index contributed by atoms with van der Waals surface area (Å²) < 4.78 is 0. The molecule has 1 aliphatic heterocycles. The van der Waals surface area contributed by atoms with Gasteiger partial charge >= 0.3 is 0 Å². The Morgan fingerprint density at radius 2 is 1.67 bits per heavy atom. The van der Waals surface area contributed by atoms with Gasteiger partial charge < -0.3 is 5.32 Å². The van der Waals surface area contributed by atoms with Gasteiger partial charge in [0.15, 0.2) is 0 Å². The molecule has 1 saturated heterocycles. The number of amides is 2. The third-order valence-electron chi connectivity index (χ3n) is 6.38. The largest absolute Gasteiger partial charge is 0.305 e. The fourth-order valence-electron chi connectivity index (χ4n) is 3.95. The molecule has 0 aromatic carbocycles. The topological polar surface area (TPSA) is 49.4 Å². The van der Waals surface area contributed by atoms with Crippen LogP contribution in [0, 0.1) is 16.7 Å². The molecule has 2 fully saturated rings. The van der Waals surface area contributed by atoms with Gasteiger partial charge in [-0.3, -0.25) is 14.5 Å². The Morgan fingerprint density at radius 3 is 2.10 bits per heavy atom. The summed E-state index contributed by atoms with van der Waals surface area (Å²) in [6.07, 6.45) is 2.00. The zero-order chi connectivity index (χ0) is 16.0. The van der Waals surface area contributed by atoms with Gasteiger partial charge in [-0.25, -0.2) is 0 Å². The maximum atomic E-state index is 12.5. The molecule has 0 bridgehead atoms. The van der Waals surface area contributed by atoms with Crippen molar-refractivity contribution in [3.05, 3.63) is 0 Å². The Balaban J connectivity index is 1.95. The standard InChI is InChI=1S/C17H30N2O2/c1-7-11(8-2)19-14(20)9-12(15(19)21)18-10-13-16(3,4)17(13,5)6/h11-13,18H,7-10H2,1-6H3. The molecule has 0 radical (unpaired) electrons. The molecule has 0 aromatic heterocycles. The summed E-state index contributed by atoms with van der Waals surface area (Å²) in [4.78, 5) is 26.1.